The van der Waals surface area contributed by atoms with Crippen LogP contribution < -0.4 is 5.32 Å². The molecule has 1 unspecified atom stereocenters. The Hall–Kier alpha value is -1.14. The first-order valence-electron chi connectivity index (χ1n) is 6.71. The first kappa shape index (κ1) is 14.3. The van der Waals surface area contributed by atoms with Gasteiger partial charge >= 0.3 is 0 Å². The number of rotatable bonds is 5. The van der Waals surface area contributed by atoms with Gasteiger partial charge in [0.2, 0.25) is 10.0 Å². The minimum absolute atomic E-state index is 0.0355. The molecule has 1 aromatic heterocycles. The maximum atomic E-state index is 12.3. The Morgan fingerprint density at radius 1 is 1.53 bits per heavy atom. The Labute approximate surface area is 115 Å². The smallest absolute Gasteiger partial charge is 0.214 e. The molecule has 0 bridgehead atoms. The Morgan fingerprint density at radius 3 is 3.00 bits per heavy atom. The van der Waals surface area contributed by atoms with E-state index >= 15 is 0 Å². The molecule has 0 aliphatic carbocycles. The van der Waals surface area contributed by atoms with Crippen LogP contribution in [0.1, 0.15) is 37.8 Å². The summed E-state index contributed by atoms with van der Waals surface area (Å²) in [6.45, 7) is 2.53. The van der Waals surface area contributed by atoms with Gasteiger partial charge in [-0.1, -0.05) is 6.92 Å². The van der Waals surface area contributed by atoms with Crippen LogP contribution in [0.15, 0.2) is 18.3 Å². The monoisotopic (exact) mass is 283 g/mol. The van der Waals surface area contributed by atoms with Gasteiger partial charge in [0.1, 0.15) is 5.82 Å². The molecule has 19 heavy (non-hydrogen) atoms. The van der Waals surface area contributed by atoms with Gasteiger partial charge in [-0.2, -0.15) is 4.31 Å². The highest BCUT2D eigenvalue weighted by atomic mass is 32.2. The summed E-state index contributed by atoms with van der Waals surface area (Å²) in [6, 6.07) is 3.81. The molecule has 106 valence electrons. The van der Waals surface area contributed by atoms with E-state index < -0.39 is 10.0 Å². The molecular weight excluding hydrogens is 262 g/mol. The molecule has 1 N–H and O–H groups in total. The van der Waals surface area contributed by atoms with Crippen LogP contribution in [0.25, 0.3) is 0 Å². The molecule has 0 saturated carbocycles. The standard InChI is InChI=1S/C13H21N3O2S/c1-3-9-19(17,18)16-8-4-5-12(16)11-6-7-15-13(10-11)14-2/h6-7,10,12H,3-5,8-9H2,1-2H3,(H,14,15). The zero-order valence-electron chi connectivity index (χ0n) is 11.5. The van der Waals surface area contributed by atoms with Crippen molar-refractivity contribution >= 4 is 15.8 Å². The Bertz CT molecular complexity index is 530. The first-order valence-corrected chi connectivity index (χ1v) is 8.32. The maximum Gasteiger partial charge on any atom is 0.214 e. The van der Waals surface area contributed by atoms with Crippen LogP contribution in [0, 0.1) is 0 Å². The van der Waals surface area contributed by atoms with Crippen LogP contribution in [-0.4, -0.2) is 37.1 Å². The Morgan fingerprint density at radius 2 is 2.32 bits per heavy atom. The van der Waals surface area contributed by atoms with E-state index in [1.54, 1.807) is 10.5 Å². The van der Waals surface area contributed by atoms with Crippen molar-refractivity contribution < 1.29 is 8.42 Å². The zero-order valence-corrected chi connectivity index (χ0v) is 12.3. The minimum Gasteiger partial charge on any atom is -0.373 e. The number of nitrogens with one attached hydrogen (secondary N) is 1. The molecule has 1 aliphatic rings. The minimum atomic E-state index is -3.13. The molecule has 2 rings (SSSR count). The van der Waals surface area contributed by atoms with Crippen molar-refractivity contribution in [3.05, 3.63) is 23.9 Å². The molecule has 1 atom stereocenters. The van der Waals surface area contributed by atoms with E-state index in [0.29, 0.717) is 13.0 Å². The Balaban J connectivity index is 2.28. The van der Waals surface area contributed by atoms with Gasteiger partial charge in [0.25, 0.3) is 0 Å². The second kappa shape index (κ2) is 5.88. The predicted molar refractivity (Wildman–Crippen MR) is 76.5 cm³/mol. The number of aromatic nitrogens is 1. The van der Waals surface area contributed by atoms with Gasteiger partial charge in [-0.05, 0) is 37.0 Å². The summed E-state index contributed by atoms with van der Waals surface area (Å²) in [5.41, 5.74) is 1.02. The fourth-order valence-corrected chi connectivity index (χ4v) is 4.34. The molecule has 0 radical (unpaired) electrons. The van der Waals surface area contributed by atoms with Gasteiger partial charge in [-0.3, -0.25) is 0 Å². The molecule has 1 aromatic rings. The molecule has 2 heterocycles. The van der Waals surface area contributed by atoms with Crippen molar-refractivity contribution in [1.29, 1.82) is 0 Å². The van der Waals surface area contributed by atoms with Gasteiger partial charge in [-0.25, -0.2) is 13.4 Å². The lowest BCUT2D eigenvalue weighted by Crippen LogP contribution is -2.32. The van der Waals surface area contributed by atoms with E-state index in [2.05, 4.69) is 10.3 Å². The third-order valence-corrected chi connectivity index (χ3v) is 5.52. The second-order valence-corrected chi connectivity index (χ2v) is 6.85. The molecule has 1 saturated heterocycles. The van der Waals surface area contributed by atoms with E-state index in [0.717, 1.165) is 24.2 Å². The molecule has 0 amide bonds. The first-order chi connectivity index (χ1) is 9.08. The lowest BCUT2D eigenvalue weighted by Gasteiger charge is -2.24. The third kappa shape index (κ3) is 3.06. The largest absolute Gasteiger partial charge is 0.373 e. The normalized spacial score (nSPS) is 20.6. The number of hydrogen-bond acceptors (Lipinski definition) is 4. The molecular formula is C13H21N3O2S. The quantitative estimate of drug-likeness (QED) is 0.898. The maximum absolute atomic E-state index is 12.3. The molecule has 1 fully saturated rings. The van der Waals surface area contributed by atoms with Gasteiger partial charge in [0.05, 0.1) is 5.75 Å². The van der Waals surface area contributed by atoms with Gasteiger partial charge < -0.3 is 5.32 Å². The summed E-state index contributed by atoms with van der Waals surface area (Å²) < 4.78 is 26.2. The highest BCUT2D eigenvalue weighted by Crippen LogP contribution is 2.34. The number of nitrogens with zero attached hydrogens (tertiary/aromatic N) is 2. The molecule has 6 heteroatoms. The van der Waals surface area contributed by atoms with E-state index in [1.807, 2.05) is 26.1 Å². The highest BCUT2D eigenvalue weighted by molar-refractivity contribution is 7.89. The molecule has 0 spiro atoms. The van der Waals surface area contributed by atoms with Crippen molar-refractivity contribution in [2.24, 2.45) is 0 Å². The summed E-state index contributed by atoms with van der Waals surface area (Å²) in [5, 5.41) is 2.99. The topological polar surface area (TPSA) is 62.3 Å². The van der Waals surface area contributed by atoms with Gasteiger partial charge in [-0.15, -0.1) is 0 Å². The van der Waals surface area contributed by atoms with Crippen molar-refractivity contribution in [3.8, 4) is 0 Å². The Kier molecular flexibility index (Phi) is 4.42. The van der Waals surface area contributed by atoms with Crippen LogP contribution >= 0.6 is 0 Å². The molecule has 0 aromatic carbocycles. The summed E-state index contributed by atoms with van der Waals surface area (Å²) >= 11 is 0. The van der Waals surface area contributed by atoms with Crippen molar-refractivity contribution in [3.63, 3.8) is 0 Å². The number of sulfonamides is 1. The number of hydrogen-bond donors (Lipinski definition) is 1. The summed E-state index contributed by atoms with van der Waals surface area (Å²) in [5.74, 6) is 1.00. The molecule has 5 nitrogen and oxygen atoms in total. The third-order valence-electron chi connectivity index (χ3n) is 3.45. The average Bonchev–Trinajstić information content (AvgIpc) is 2.89. The number of anilines is 1. The lowest BCUT2D eigenvalue weighted by molar-refractivity contribution is 0.396. The van der Waals surface area contributed by atoms with Gasteiger partial charge in [0, 0.05) is 25.8 Å². The van der Waals surface area contributed by atoms with Crippen LogP contribution in [-0.2, 0) is 10.0 Å². The van der Waals surface area contributed by atoms with Crippen LogP contribution in [0.5, 0.6) is 0 Å². The zero-order chi connectivity index (χ0) is 13.9. The summed E-state index contributed by atoms with van der Waals surface area (Å²) in [6.07, 6.45) is 4.19. The average molecular weight is 283 g/mol. The fourth-order valence-electron chi connectivity index (χ4n) is 2.57. The van der Waals surface area contributed by atoms with E-state index in [9.17, 15) is 8.42 Å². The van der Waals surface area contributed by atoms with Crippen molar-refractivity contribution in [2.45, 2.75) is 32.2 Å². The second-order valence-electron chi connectivity index (χ2n) is 4.81. The van der Waals surface area contributed by atoms with E-state index in [1.165, 1.54) is 0 Å². The van der Waals surface area contributed by atoms with E-state index in [4.69, 9.17) is 0 Å². The number of pyridine rings is 1. The fraction of sp³-hybridized carbons (Fsp3) is 0.615. The van der Waals surface area contributed by atoms with Crippen LogP contribution in [0.3, 0.4) is 0 Å². The van der Waals surface area contributed by atoms with Crippen molar-refractivity contribution in [2.75, 3.05) is 24.7 Å². The van der Waals surface area contributed by atoms with Crippen molar-refractivity contribution in [1.82, 2.24) is 9.29 Å². The summed E-state index contributed by atoms with van der Waals surface area (Å²) in [4.78, 5) is 4.17. The predicted octanol–water partition coefficient (Wildman–Crippen LogP) is 2.00. The summed E-state index contributed by atoms with van der Waals surface area (Å²) in [7, 11) is -1.32. The highest BCUT2D eigenvalue weighted by Gasteiger charge is 2.34. The van der Waals surface area contributed by atoms with Crippen LogP contribution in [0.4, 0.5) is 5.82 Å². The SMILES string of the molecule is CCCS(=O)(=O)N1CCCC1c1ccnc(NC)c1. The lowest BCUT2D eigenvalue weighted by atomic mass is 10.1. The molecule has 1 aliphatic heterocycles. The van der Waals surface area contributed by atoms with Gasteiger partial charge in [0.15, 0.2) is 0 Å². The van der Waals surface area contributed by atoms with Crippen LogP contribution in [0.2, 0.25) is 0 Å². The van der Waals surface area contributed by atoms with E-state index in [-0.39, 0.29) is 11.8 Å².